The van der Waals surface area contributed by atoms with E-state index in [-0.39, 0.29) is 22.7 Å². The quantitative estimate of drug-likeness (QED) is 0.593. The van der Waals surface area contributed by atoms with Crippen LogP contribution in [0.4, 0.5) is 12.7 Å². The highest BCUT2D eigenvalue weighted by Crippen LogP contribution is 2.23. The van der Waals surface area contributed by atoms with Gasteiger partial charge in [0.15, 0.2) is 0 Å². The number of hydrogen-bond acceptors (Lipinski definition) is 5. The zero-order valence-electron chi connectivity index (χ0n) is 13.9. The fourth-order valence-electron chi connectivity index (χ4n) is 2.38. The van der Waals surface area contributed by atoms with E-state index in [1.807, 2.05) is 0 Å². The molecule has 10 heteroatoms. The highest BCUT2D eigenvalue weighted by Gasteiger charge is 2.14. The molecule has 142 valence electrons. The maximum atomic E-state index is 14.3. The average Bonchev–Trinajstić information content (AvgIpc) is 3.00. The highest BCUT2D eigenvalue weighted by atomic mass is 32.3. The number of halogens is 3. The summed E-state index contributed by atoms with van der Waals surface area (Å²) >= 11 is 0. The van der Waals surface area contributed by atoms with Crippen LogP contribution in [0.5, 0.6) is 11.5 Å². The predicted octanol–water partition coefficient (Wildman–Crippen LogP) is 3.63. The molecule has 1 heterocycles. The van der Waals surface area contributed by atoms with Crippen LogP contribution in [0.25, 0.3) is 5.69 Å². The normalized spacial score (nSPS) is 11.4. The van der Waals surface area contributed by atoms with Crippen molar-refractivity contribution in [2.24, 2.45) is 0 Å². The van der Waals surface area contributed by atoms with Crippen LogP contribution < -0.4 is 8.92 Å². The Morgan fingerprint density at radius 2 is 1.67 bits per heavy atom. The summed E-state index contributed by atoms with van der Waals surface area (Å²) in [5.41, 5.74) is 0.0147. The van der Waals surface area contributed by atoms with Gasteiger partial charge in [-0.2, -0.15) is 8.42 Å². The van der Waals surface area contributed by atoms with Gasteiger partial charge in [-0.1, -0.05) is 3.89 Å². The molecule has 0 spiro atoms. The Morgan fingerprint density at radius 1 is 1.07 bits per heavy atom. The topological polar surface area (TPSA) is 70.4 Å². The van der Waals surface area contributed by atoms with Gasteiger partial charge in [0, 0.05) is 12.4 Å². The van der Waals surface area contributed by atoms with E-state index in [1.54, 1.807) is 13.1 Å². The summed E-state index contributed by atoms with van der Waals surface area (Å²) in [6.45, 7) is 1.30. The third-order valence-corrected chi connectivity index (χ3v) is 4.02. The van der Waals surface area contributed by atoms with E-state index in [0.717, 1.165) is 12.1 Å². The van der Waals surface area contributed by atoms with E-state index in [4.69, 9.17) is 4.74 Å². The molecular weight excluding hydrogens is 385 g/mol. The summed E-state index contributed by atoms with van der Waals surface area (Å²) < 4.78 is 72.7. The van der Waals surface area contributed by atoms with Crippen LogP contribution in [-0.4, -0.2) is 18.0 Å². The molecule has 3 aromatic rings. The van der Waals surface area contributed by atoms with Gasteiger partial charge in [0.1, 0.15) is 35.6 Å². The van der Waals surface area contributed by atoms with Crippen molar-refractivity contribution in [3.63, 3.8) is 0 Å². The van der Waals surface area contributed by atoms with Gasteiger partial charge in [0.2, 0.25) is 0 Å². The first-order valence-electron chi connectivity index (χ1n) is 7.58. The predicted molar refractivity (Wildman–Crippen MR) is 89.6 cm³/mol. The van der Waals surface area contributed by atoms with Gasteiger partial charge in [0.05, 0.1) is 11.3 Å². The monoisotopic (exact) mass is 398 g/mol. The molecular formula is C17H13F3N2O4S. The van der Waals surface area contributed by atoms with Crippen LogP contribution >= 0.6 is 0 Å². The number of aromatic nitrogens is 2. The smallest absolute Gasteiger partial charge is 0.488 e. The maximum absolute atomic E-state index is 14.3. The van der Waals surface area contributed by atoms with Crippen LogP contribution in [0.2, 0.25) is 0 Å². The Bertz CT molecular complexity index is 1040. The van der Waals surface area contributed by atoms with E-state index in [0.29, 0.717) is 5.82 Å². The number of aryl methyl sites for hydroxylation is 1. The summed E-state index contributed by atoms with van der Waals surface area (Å²) in [5, 5.41) is 0. The van der Waals surface area contributed by atoms with Gasteiger partial charge in [-0.15, -0.1) is 0 Å². The molecule has 0 aliphatic carbocycles. The molecule has 0 atom stereocenters. The zero-order valence-corrected chi connectivity index (χ0v) is 14.7. The number of nitrogens with zero attached hydrogens (tertiary/aromatic N) is 2. The SMILES string of the molecule is Cc1nccn1-c1cc(F)c(COc2ccc(OS(=O)(=O)F)cc2)c(F)c1. The fraction of sp³-hybridized carbons (Fsp3) is 0.118. The molecule has 3 rings (SSSR count). The van der Waals surface area contributed by atoms with Crippen molar-refractivity contribution < 1.29 is 30.0 Å². The molecule has 0 bridgehead atoms. The minimum atomic E-state index is -5.13. The first-order valence-corrected chi connectivity index (χ1v) is 8.89. The molecule has 6 nitrogen and oxygen atoms in total. The van der Waals surface area contributed by atoms with Gasteiger partial charge >= 0.3 is 10.5 Å². The number of benzene rings is 2. The minimum absolute atomic E-state index is 0.187. The summed E-state index contributed by atoms with van der Waals surface area (Å²) in [5.74, 6) is -1.08. The first kappa shape index (κ1) is 18.8. The minimum Gasteiger partial charge on any atom is -0.489 e. The molecule has 0 N–H and O–H groups in total. The Hall–Kier alpha value is -3.01. The second-order valence-electron chi connectivity index (χ2n) is 5.47. The van der Waals surface area contributed by atoms with Crippen molar-refractivity contribution >= 4 is 10.5 Å². The second-order valence-corrected chi connectivity index (χ2v) is 6.42. The molecule has 0 unspecified atom stereocenters. The molecule has 1 aromatic heterocycles. The molecule has 0 fully saturated rings. The van der Waals surface area contributed by atoms with Crippen molar-refractivity contribution in [2.45, 2.75) is 13.5 Å². The van der Waals surface area contributed by atoms with Crippen molar-refractivity contribution in [3.8, 4) is 17.2 Å². The first-order chi connectivity index (χ1) is 12.7. The van der Waals surface area contributed by atoms with Crippen LogP contribution in [0, 0.1) is 18.6 Å². The van der Waals surface area contributed by atoms with Gasteiger partial charge in [-0.05, 0) is 43.3 Å². The van der Waals surface area contributed by atoms with E-state index in [2.05, 4.69) is 9.17 Å². The summed E-state index contributed by atoms with van der Waals surface area (Å²) in [7, 11) is -5.13. The van der Waals surface area contributed by atoms with Crippen LogP contribution in [0.15, 0.2) is 48.8 Å². The van der Waals surface area contributed by atoms with Crippen molar-refractivity contribution in [2.75, 3.05) is 0 Å². The summed E-state index contributed by atoms with van der Waals surface area (Å²) in [4.78, 5) is 4.00. The lowest BCUT2D eigenvalue weighted by Crippen LogP contribution is -2.05. The van der Waals surface area contributed by atoms with Gasteiger partial charge in [0.25, 0.3) is 0 Å². The van der Waals surface area contributed by atoms with E-state index in [9.17, 15) is 21.1 Å². The maximum Gasteiger partial charge on any atom is 0.488 e. The lowest BCUT2D eigenvalue weighted by molar-refractivity contribution is 0.292. The number of hydrogen-bond donors (Lipinski definition) is 0. The molecule has 0 aliphatic rings. The second kappa shape index (κ2) is 7.31. The molecule has 0 saturated carbocycles. The molecule has 0 aliphatic heterocycles. The average molecular weight is 398 g/mol. The van der Waals surface area contributed by atoms with Crippen LogP contribution in [-0.2, 0) is 17.1 Å². The molecule has 0 amide bonds. The largest absolute Gasteiger partial charge is 0.489 e. The van der Waals surface area contributed by atoms with Gasteiger partial charge < -0.3 is 13.5 Å². The number of rotatable bonds is 6. The molecule has 0 saturated heterocycles. The van der Waals surface area contributed by atoms with E-state index in [1.165, 1.54) is 35.0 Å². The standard InChI is InChI=1S/C17H13F3N2O4S/c1-11-21-6-7-22(11)12-8-16(18)15(17(19)9-12)10-25-13-2-4-14(5-3-13)26-27(20,23)24/h2-9H,10H2,1H3. The van der Waals surface area contributed by atoms with Gasteiger partial charge in [-0.3, -0.25) is 0 Å². The number of ether oxygens (including phenoxy) is 1. The van der Waals surface area contributed by atoms with Crippen LogP contribution in [0.3, 0.4) is 0 Å². The lowest BCUT2D eigenvalue weighted by Gasteiger charge is -2.11. The Kier molecular flexibility index (Phi) is 5.08. The van der Waals surface area contributed by atoms with Gasteiger partial charge in [-0.25, -0.2) is 13.8 Å². The Labute approximate surface area is 153 Å². The Balaban J connectivity index is 1.74. The molecule has 27 heavy (non-hydrogen) atoms. The summed E-state index contributed by atoms with van der Waals surface area (Å²) in [6.07, 6.45) is 3.10. The Morgan fingerprint density at radius 3 is 2.19 bits per heavy atom. The lowest BCUT2D eigenvalue weighted by atomic mass is 10.2. The highest BCUT2D eigenvalue weighted by molar-refractivity contribution is 7.81. The van der Waals surface area contributed by atoms with E-state index < -0.39 is 28.7 Å². The molecule has 0 radical (unpaired) electrons. The van der Waals surface area contributed by atoms with Crippen molar-refractivity contribution in [1.82, 2.24) is 9.55 Å². The third kappa shape index (κ3) is 4.59. The zero-order chi connectivity index (χ0) is 19.6. The van der Waals surface area contributed by atoms with E-state index >= 15 is 0 Å². The fourth-order valence-corrected chi connectivity index (χ4v) is 2.72. The van der Waals surface area contributed by atoms with Crippen LogP contribution in [0.1, 0.15) is 11.4 Å². The number of imidazole rings is 1. The summed E-state index contributed by atoms with van der Waals surface area (Å²) in [6, 6.07) is 7.17. The third-order valence-electron chi connectivity index (χ3n) is 3.63. The molecule has 2 aromatic carbocycles. The van der Waals surface area contributed by atoms with Crippen molar-refractivity contribution in [1.29, 1.82) is 0 Å². The van der Waals surface area contributed by atoms with Crippen molar-refractivity contribution in [3.05, 3.63) is 71.8 Å².